The van der Waals surface area contributed by atoms with Crippen LogP contribution in [0.4, 0.5) is 0 Å². The van der Waals surface area contributed by atoms with E-state index in [-0.39, 0.29) is 0 Å². The van der Waals surface area contributed by atoms with Crippen molar-refractivity contribution in [2.24, 2.45) is 4.99 Å². The molecule has 1 unspecified atom stereocenters. The number of aromatic nitrogens is 1. The molecule has 1 aromatic carbocycles. The second-order valence-electron chi connectivity index (χ2n) is 4.73. The van der Waals surface area contributed by atoms with Gasteiger partial charge < -0.3 is 5.11 Å². The van der Waals surface area contributed by atoms with E-state index in [4.69, 9.17) is 5.11 Å². The number of carboxylic acids is 1. The van der Waals surface area contributed by atoms with Crippen molar-refractivity contribution in [3.63, 3.8) is 0 Å². The quantitative estimate of drug-likeness (QED) is 0.946. The van der Waals surface area contributed by atoms with Crippen LogP contribution in [0.15, 0.2) is 17.1 Å². The summed E-state index contributed by atoms with van der Waals surface area (Å²) in [5.74, 6) is -0.363. The van der Waals surface area contributed by atoms with Crippen molar-refractivity contribution in [2.45, 2.75) is 26.3 Å². The summed E-state index contributed by atoms with van der Waals surface area (Å²) in [6, 6.07) is 3.70. The van der Waals surface area contributed by atoms with Crippen LogP contribution in [-0.2, 0) is 11.2 Å². The first-order chi connectivity index (χ1) is 9.58. The van der Waals surface area contributed by atoms with Crippen molar-refractivity contribution in [2.75, 3.05) is 5.75 Å². The topological polar surface area (TPSA) is 62.5 Å². The number of fused-ring (bicyclic) bond motifs is 1. The van der Waals surface area contributed by atoms with Crippen LogP contribution in [0.3, 0.4) is 0 Å². The molecule has 0 saturated carbocycles. The van der Waals surface area contributed by atoms with Crippen LogP contribution in [-0.4, -0.2) is 32.9 Å². The van der Waals surface area contributed by atoms with Gasteiger partial charge in [0.2, 0.25) is 0 Å². The van der Waals surface area contributed by atoms with Gasteiger partial charge in [0.1, 0.15) is 10.1 Å². The Morgan fingerprint density at radius 2 is 2.30 bits per heavy atom. The third-order valence-electron chi connectivity index (χ3n) is 3.27. The zero-order chi connectivity index (χ0) is 14.3. The normalized spacial score (nSPS) is 18.5. The van der Waals surface area contributed by atoms with E-state index in [1.807, 2.05) is 0 Å². The van der Waals surface area contributed by atoms with Gasteiger partial charge in [0.05, 0.1) is 10.2 Å². The van der Waals surface area contributed by atoms with Crippen LogP contribution in [0, 0.1) is 6.92 Å². The highest BCUT2D eigenvalue weighted by Crippen LogP contribution is 2.31. The molecule has 1 N–H and O–H groups in total. The Balaban J connectivity index is 2.04. The number of carbonyl (C=O) groups is 1. The van der Waals surface area contributed by atoms with Crippen LogP contribution < -0.4 is 0 Å². The van der Waals surface area contributed by atoms with Crippen molar-refractivity contribution in [3.8, 4) is 0 Å². The fraction of sp³-hybridized carbons (Fsp3) is 0.357. The first kappa shape index (κ1) is 13.6. The predicted molar refractivity (Wildman–Crippen MR) is 84.2 cm³/mol. The Bertz CT molecular complexity index is 721. The van der Waals surface area contributed by atoms with Crippen LogP contribution in [0.2, 0.25) is 0 Å². The highest BCUT2D eigenvalue weighted by Gasteiger charge is 2.27. The zero-order valence-electron chi connectivity index (χ0n) is 11.2. The molecule has 1 aliphatic heterocycles. The zero-order valence-corrected chi connectivity index (χ0v) is 12.8. The highest BCUT2D eigenvalue weighted by atomic mass is 32.2. The van der Waals surface area contributed by atoms with Crippen LogP contribution >= 0.6 is 23.1 Å². The fourth-order valence-electron chi connectivity index (χ4n) is 2.18. The van der Waals surface area contributed by atoms with E-state index in [2.05, 4.69) is 36.0 Å². The fourth-order valence-corrected chi connectivity index (χ4v) is 4.39. The molecule has 0 radical (unpaired) electrons. The van der Waals surface area contributed by atoms with Crippen molar-refractivity contribution in [3.05, 3.63) is 28.3 Å². The monoisotopic (exact) mass is 306 g/mol. The van der Waals surface area contributed by atoms with Gasteiger partial charge in [-0.2, -0.15) is 0 Å². The van der Waals surface area contributed by atoms with Crippen molar-refractivity contribution in [1.82, 2.24) is 4.98 Å². The maximum Gasteiger partial charge on any atom is 0.329 e. The lowest BCUT2D eigenvalue weighted by Gasteiger charge is -1.99. The molecule has 1 atom stereocenters. The number of nitrogens with zero attached hydrogens (tertiary/aromatic N) is 2. The minimum absolute atomic E-state index is 0.500. The lowest BCUT2D eigenvalue weighted by atomic mass is 10.1. The molecule has 6 heteroatoms. The minimum atomic E-state index is -0.863. The summed E-state index contributed by atoms with van der Waals surface area (Å²) in [4.78, 5) is 19.8. The summed E-state index contributed by atoms with van der Waals surface area (Å²) in [6.45, 7) is 4.20. The van der Waals surface area contributed by atoms with Gasteiger partial charge in [-0.3, -0.25) is 4.99 Å². The molecule has 1 aromatic heterocycles. The predicted octanol–water partition coefficient (Wildman–Crippen LogP) is 3.11. The molecule has 20 heavy (non-hydrogen) atoms. The molecule has 0 aliphatic carbocycles. The molecule has 0 amide bonds. The number of carboxylic acid groups (broad SMARTS) is 1. The molecule has 3 rings (SSSR count). The van der Waals surface area contributed by atoms with Crippen LogP contribution in [0.5, 0.6) is 0 Å². The number of benzene rings is 1. The number of thioether (sulfide) groups is 1. The van der Waals surface area contributed by atoms with E-state index in [0.717, 1.165) is 26.7 Å². The molecular formula is C14H14N2O2S2. The Morgan fingerprint density at radius 3 is 2.95 bits per heavy atom. The number of thiazole rings is 1. The Kier molecular flexibility index (Phi) is 3.52. The Hall–Kier alpha value is -1.40. The molecule has 0 spiro atoms. The largest absolute Gasteiger partial charge is 0.480 e. The SMILES string of the molecule is CCc1cc(C)c2nc(C3=NC(C(=O)O)CS3)sc2c1. The molecule has 1 aliphatic rings. The lowest BCUT2D eigenvalue weighted by molar-refractivity contribution is -0.137. The lowest BCUT2D eigenvalue weighted by Crippen LogP contribution is -2.17. The Morgan fingerprint density at radius 1 is 1.50 bits per heavy atom. The average Bonchev–Trinajstić information content (AvgIpc) is 3.04. The van der Waals surface area contributed by atoms with E-state index in [1.54, 1.807) is 11.3 Å². The van der Waals surface area contributed by atoms with Crippen LogP contribution in [0.1, 0.15) is 23.1 Å². The summed E-state index contributed by atoms with van der Waals surface area (Å²) in [5.41, 5.74) is 3.47. The van der Waals surface area contributed by atoms with E-state index in [1.165, 1.54) is 22.9 Å². The van der Waals surface area contributed by atoms with E-state index < -0.39 is 12.0 Å². The summed E-state index contributed by atoms with van der Waals surface area (Å²) in [6.07, 6.45) is 1.00. The average molecular weight is 306 g/mol. The highest BCUT2D eigenvalue weighted by molar-refractivity contribution is 8.15. The standard InChI is InChI=1S/C14H14N2O2S2/c1-3-8-4-7(2)11-10(5-8)20-13(16-11)12-15-9(6-19-12)14(17)18/h4-5,9H,3,6H2,1-2H3,(H,17,18). The smallest absolute Gasteiger partial charge is 0.329 e. The second-order valence-corrected chi connectivity index (χ2v) is 6.77. The summed E-state index contributed by atoms with van der Waals surface area (Å²) in [7, 11) is 0. The molecule has 4 nitrogen and oxygen atoms in total. The van der Waals surface area contributed by atoms with Crippen LogP contribution in [0.25, 0.3) is 10.2 Å². The maximum atomic E-state index is 11.0. The van der Waals surface area contributed by atoms with Crippen molar-refractivity contribution < 1.29 is 9.90 Å². The number of rotatable bonds is 3. The third kappa shape index (κ3) is 2.33. The third-order valence-corrected chi connectivity index (χ3v) is 5.47. The van der Waals surface area contributed by atoms with Gasteiger partial charge in [0.15, 0.2) is 6.04 Å². The summed E-state index contributed by atoms with van der Waals surface area (Å²) < 4.78 is 1.15. The van der Waals surface area contributed by atoms with Crippen molar-refractivity contribution >= 4 is 44.3 Å². The van der Waals surface area contributed by atoms with Gasteiger partial charge in [0, 0.05) is 5.75 Å². The van der Waals surface area contributed by atoms with Gasteiger partial charge in [-0.25, -0.2) is 9.78 Å². The minimum Gasteiger partial charge on any atom is -0.480 e. The Labute approximate surface area is 124 Å². The van der Waals surface area contributed by atoms with Gasteiger partial charge in [-0.1, -0.05) is 13.0 Å². The van der Waals surface area contributed by atoms with Gasteiger partial charge in [0.25, 0.3) is 0 Å². The summed E-state index contributed by atoms with van der Waals surface area (Å²) >= 11 is 3.08. The van der Waals surface area contributed by atoms with E-state index in [0.29, 0.717) is 5.75 Å². The molecule has 2 aromatic rings. The first-order valence-corrected chi connectivity index (χ1v) is 8.22. The number of hydrogen-bond acceptors (Lipinski definition) is 5. The maximum absolute atomic E-state index is 11.0. The van der Waals surface area contributed by atoms with Gasteiger partial charge >= 0.3 is 5.97 Å². The van der Waals surface area contributed by atoms with Gasteiger partial charge in [-0.15, -0.1) is 23.1 Å². The second kappa shape index (κ2) is 5.18. The molecule has 0 fully saturated rings. The number of aliphatic imine (C=N–C) groups is 1. The van der Waals surface area contributed by atoms with Gasteiger partial charge in [-0.05, 0) is 30.5 Å². The molecule has 104 valence electrons. The molecular weight excluding hydrogens is 292 g/mol. The molecule has 2 heterocycles. The first-order valence-electron chi connectivity index (χ1n) is 6.42. The summed E-state index contributed by atoms with van der Waals surface area (Å²) in [5, 5.41) is 10.6. The van der Waals surface area contributed by atoms with E-state index >= 15 is 0 Å². The van der Waals surface area contributed by atoms with E-state index in [9.17, 15) is 4.79 Å². The number of aliphatic carboxylic acids is 1. The number of hydrogen-bond donors (Lipinski definition) is 1. The molecule has 0 bridgehead atoms. The van der Waals surface area contributed by atoms with Crippen molar-refractivity contribution in [1.29, 1.82) is 0 Å². The molecule has 0 saturated heterocycles. The number of aryl methyl sites for hydroxylation is 2.